The van der Waals surface area contributed by atoms with Gasteiger partial charge in [0.15, 0.2) is 0 Å². The predicted molar refractivity (Wildman–Crippen MR) is 87.1 cm³/mol. The van der Waals surface area contributed by atoms with E-state index < -0.39 is 0 Å². The first-order valence-electron chi connectivity index (χ1n) is 8.72. The second-order valence-electron chi connectivity index (χ2n) is 7.31. The predicted octanol–water partition coefficient (Wildman–Crippen LogP) is 0.941. The number of likely N-dealkylation sites (tertiary alicyclic amines) is 1. The fourth-order valence-corrected chi connectivity index (χ4v) is 3.91. The smallest absolute Gasteiger partial charge is 0.252 e. The maximum Gasteiger partial charge on any atom is 0.252 e. The fraction of sp³-hybridized carbons (Fsp3) is 0.611. The van der Waals surface area contributed by atoms with E-state index in [0.29, 0.717) is 43.0 Å². The number of hydrogen-bond donors (Lipinski definition) is 1. The highest BCUT2D eigenvalue weighted by Crippen LogP contribution is 2.41. The molecule has 3 aliphatic rings. The Hall–Kier alpha value is -1.95. The largest absolute Gasteiger partial charge is 0.376 e. The van der Waals surface area contributed by atoms with Gasteiger partial charge < -0.3 is 15.0 Å². The Kier molecular flexibility index (Phi) is 4.00. The Balaban J connectivity index is 1.31. The third-order valence-electron chi connectivity index (χ3n) is 5.63. The molecule has 3 heterocycles. The van der Waals surface area contributed by atoms with Crippen molar-refractivity contribution in [1.29, 1.82) is 0 Å². The Morgan fingerprint density at radius 3 is 2.96 bits per heavy atom. The number of nitrogens with one attached hydrogen (secondary N) is 1. The van der Waals surface area contributed by atoms with E-state index in [1.165, 1.54) is 0 Å². The average Bonchev–Trinajstić information content (AvgIpc) is 3.02. The van der Waals surface area contributed by atoms with Gasteiger partial charge in [0.2, 0.25) is 5.91 Å². The van der Waals surface area contributed by atoms with Gasteiger partial charge in [-0.25, -0.2) is 0 Å². The van der Waals surface area contributed by atoms with Crippen molar-refractivity contribution in [2.75, 3.05) is 26.2 Å². The molecule has 5 atom stereocenters. The molecule has 0 bridgehead atoms. The quantitative estimate of drug-likeness (QED) is 0.892. The maximum absolute atomic E-state index is 12.4. The van der Waals surface area contributed by atoms with Crippen molar-refractivity contribution in [3.63, 3.8) is 0 Å². The van der Waals surface area contributed by atoms with Crippen LogP contribution in [0.15, 0.2) is 24.5 Å². The molecule has 1 aromatic rings. The van der Waals surface area contributed by atoms with E-state index in [2.05, 4.69) is 17.2 Å². The first-order chi connectivity index (χ1) is 11.6. The van der Waals surface area contributed by atoms with Gasteiger partial charge in [-0.1, -0.05) is 6.92 Å². The lowest BCUT2D eigenvalue weighted by molar-refractivity contribution is -0.132. The topological polar surface area (TPSA) is 71.5 Å². The molecule has 1 N–H and O–H groups in total. The minimum Gasteiger partial charge on any atom is -0.376 e. The summed E-state index contributed by atoms with van der Waals surface area (Å²) in [5.74, 6) is 1.55. The lowest BCUT2D eigenvalue weighted by atomic mass is 9.93. The molecule has 0 radical (unpaired) electrons. The molecule has 128 valence electrons. The highest BCUT2D eigenvalue weighted by Gasteiger charge is 2.49. The number of hydrogen-bond acceptors (Lipinski definition) is 4. The molecule has 0 unspecified atom stereocenters. The second-order valence-corrected chi connectivity index (χ2v) is 7.31. The summed E-state index contributed by atoms with van der Waals surface area (Å²) in [6, 6.07) is 3.51. The number of amides is 2. The minimum absolute atomic E-state index is 0.107. The maximum atomic E-state index is 12.4. The van der Waals surface area contributed by atoms with Crippen molar-refractivity contribution in [1.82, 2.24) is 15.2 Å². The third kappa shape index (κ3) is 2.90. The molecule has 6 heteroatoms. The number of pyridine rings is 1. The van der Waals surface area contributed by atoms with E-state index in [1.54, 1.807) is 24.5 Å². The van der Waals surface area contributed by atoms with Crippen molar-refractivity contribution in [2.24, 2.45) is 23.7 Å². The highest BCUT2D eigenvalue weighted by molar-refractivity contribution is 5.93. The first-order valence-corrected chi connectivity index (χ1v) is 8.72. The Morgan fingerprint density at radius 1 is 1.42 bits per heavy atom. The van der Waals surface area contributed by atoms with Gasteiger partial charge in [-0.3, -0.25) is 14.6 Å². The highest BCUT2D eigenvalue weighted by atomic mass is 16.5. The number of carbonyl (C=O) groups excluding carboxylic acids is 2. The molecule has 6 nitrogen and oxygen atoms in total. The minimum atomic E-state index is -0.107. The van der Waals surface area contributed by atoms with Crippen LogP contribution in [0.2, 0.25) is 0 Å². The van der Waals surface area contributed by atoms with Gasteiger partial charge >= 0.3 is 0 Å². The summed E-state index contributed by atoms with van der Waals surface area (Å²) in [6.45, 7) is 4.84. The first kappa shape index (κ1) is 15.6. The number of nitrogens with zero attached hydrogens (tertiary/aromatic N) is 2. The second kappa shape index (κ2) is 6.16. The molecule has 1 aliphatic carbocycles. The van der Waals surface area contributed by atoms with Crippen LogP contribution in [0.3, 0.4) is 0 Å². The van der Waals surface area contributed by atoms with E-state index in [1.807, 2.05) is 4.90 Å². The van der Waals surface area contributed by atoms with Gasteiger partial charge in [-0.15, -0.1) is 0 Å². The van der Waals surface area contributed by atoms with Gasteiger partial charge in [0.05, 0.1) is 18.3 Å². The molecule has 0 aromatic carbocycles. The number of aromatic nitrogens is 1. The average molecular weight is 329 g/mol. The molecule has 4 rings (SSSR count). The van der Waals surface area contributed by atoms with Crippen LogP contribution in [0.5, 0.6) is 0 Å². The van der Waals surface area contributed by atoms with Crippen LogP contribution >= 0.6 is 0 Å². The summed E-state index contributed by atoms with van der Waals surface area (Å²) in [7, 11) is 0. The summed E-state index contributed by atoms with van der Waals surface area (Å²) in [6.07, 6.45) is 4.37. The number of rotatable bonds is 4. The zero-order valence-corrected chi connectivity index (χ0v) is 13.9. The van der Waals surface area contributed by atoms with Crippen LogP contribution in [0.4, 0.5) is 0 Å². The Labute approximate surface area is 141 Å². The molecular weight excluding hydrogens is 306 g/mol. The number of ether oxygens (including phenoxy) is 1. The van der Waals surface area contributed by atoms with Crippen LogP contribution in [0, 0.1) is 23.7 Å². The zero-order valence-electron chi connectivity index (χ0n) is 13.9. The zero-order chi connectivity index (χ0) is 16.7. The number of fused-ring (bicyclic) bond motifs is 1. The Morgan fingerprint density at radius 2 is 2.25 bits per heavy atom. The molecule has 2 amide bonds. The van der Waals surface area contributed by atoms with Gasteiger partial charge in [-0.2, -0.15) is 0 Å². The monoisotopic (exact) mass is 329 g/mol. The summed E-state index contributed by atoms with van der Waals surface area (Å²) < 4.78 is 5.88. The van der Waals surface area contributed by atoms with E-state index in [0.717, 1.165) is 13.0 Å². The van der Waals surface area contributed by atoms with E-state index in [-0.39, 0.29) is 23.8 Å². The summed E-state index contributed by atoms with van der Waals surface area (Å²) >= 11 is 0. The standard InChI is InChI=1S/C18H23N3O3/c1-11-5-14(11)18(23)21-8-15-13(10-24-16(15)9-21)7-20-17(22)12-3-2-4-19-6-12/h2-4,6,11,13-16H,5,7-10H2,1H3,(H,20,22)/t11-,13-,14-,15-,16-/m1/s1. The van der Waals surface area contributed by atoms with Crippen molar-refractivity contribution >= 4 is 11.8 Å². The van der Waals surface area contributed by atoms with Crippen LogP contribution < -0.4 is 5.32 Å². The molecule has 1 saturated carbocycles. The molecule has 0 spiro atoms. The van der Waals surface area contributed by atoms with Gasteiger partial charge in [0, 0.05) is 49.8 Å². The SMILES string of the molecule is C[C@@H]1C[C@H]1C(=O)N1C[C@@H]2[C@H](CNC(=O)c3cccnc3)CO[C@@H]2C1. The molecule has 1 aromatic heterocycles. The molecule has 2 aliphatic heterocycles. The van der Waals surface area contributed by atoms with Crippen molar-refractivity contribution in [3.05, 3.63) is 30.1 Å². The summed E-state index contributed by atoms with van der Waals surface area (Å²) in [5.41, 5.74) is 0.568. The molecule has 24 heavy (non-hydrogen) atoms. The van der Waals surface area contributed by atoms with Crippen LogP contribution in [0.25, 0.3) is 0 Å². The Bertz CT molecular complexity index is 636. The van der Waals surface area contributed by atoms with Gasteiger partial charge in [-0.05, 0) is 24.5 Å². The lowest BCUT2D eigenvalue weighted by Crippen LogP contribution is -2.36. The summed E-state index contributed by atoms with van der Waals surface area (Å²) in [5, 5.41) is 2.98. The number of carbonyl (C=O) groups is 2. The van der Waals surface area contributed by atoms with E-state index in [4.69, 9.17) is 4.74 Å². The van der Waals surface area contributed by atoms with Gasteiger partial charge in [0.1, 0.15) is 0 Å². The summed E-state index contributed by atoms with van der Waals surface area (Å²) in [4.78, 5) is 30.5. The van der Waals surface area contributed by atoms with Crippen molar-refractivity contribution in [3.8, 4) is 0 Å². The molecule has 2 saturated heterocycles. The third-order valence-corrected chi connectivity index (χ3v) is 5.63. The van der Waals surface area contributed by atoms with E-state index in [9.17, 15) is 9.59 Å². The molecule has 3 fully saturated rings. The van der Waals surface area contributed by atoms with Crippen LogP contribution in [0.1, 0.15) is 23.7 Å². The van der Waals surface area contributed by atoms with Crippen LogP contribution in [-0.4, -0.2) is 54.0 Å². The van der Waals surface area contributed by atoms with Gasteiger partial charge in [0.25, 0.3) is 5.91 Å². The molecular formula is C18H23N3O3. The van der Waals surface area contributed by atoms with Crippen LogP contribution in [-0.2, 0) is 9.53 Å². The van der Waals surface area contributed by atoms with E-state index >= 15 is 0 Å². The van der Waals surface area contributed by atoms with Crippen molar-refractivity contribution < 1.29 is 14.3 Å². The fourth-order valence-electron chi connectivity index (χ4n) is 3.91. The van der Waals surface area contributed by atoms with Crippen molar-refractivity contribution in [2.45, 2.75) is 19.4 Å². The lowest BCUT2D eigenvalue weighted by Gasteiger charge is -2.20. The normalized spacial score (nSPS) is 34.0.